The number of unbranched alkanes of at least 4 members (excludes halogenated alkanes) is 1. The van der Waals surface area contributed by atoms with Gasteiger partial charge in [0.25, 0.3) is 0 Å². The Kier molecular flexibility index (Phi) is 4.75. The van der Waals surface area contributed by atoms with Crippen molar-refractivity contribution in [3.05, 3.63) is 24.3 Å². The molecule has 0 saturated heterocycles. The van der Waals surface area contributed by atoms with Gasteiger partial charge >= 0.3 is 0 Å². The molecule has 0 radical (unpaired) electrons. The van der Waals surface area contributed by atoms with E-state index in [1.807, 2.05) is 6.92 Å². The summed E-state index contributed by atoms with van der Waals surface area (Å²) < 4.78 is 48.1. The van der Waals surface area contributed by atoms with Crippen molar-refractivity contribution in [3.8, 4) is 0 Å². The molecule has 1 rings (SSSR count). The minimum atomic E-state index is -3.34. The van der Waals surface area contributed by atoms with Crippen LogP contribution in [0.15, 0.2) is 29.2 Å². The van der Waals surface area contributed by atoms with Crippen LogP contribution in [-0.4, -0.2) is 28.8 Å². The number of anilines is 1. The molecule has 0 spiro atoms. The van der Waals surface area contributed by atoms with Crippen LogP contribution in [0.3, 0.4) is 0 Å². The van der Waals surface area contributed by atoms with E-state index in [0.29, 0.717) is 12.1 Å². The molecular formula is C11H17NO4S2. The highest BCUT2D eigenvalue weighted by Crippen LogP contribution is 2.15. The van der Waals surface area contributed by atoms with Gasteiger partial charge in [-0.1, -0.05) is 13.3 Å². The highest BCUT2D eigenvalue weighted by molar-refractivity contribution is 7.92. The third kappa shape index (κ3) is 4.66. The fourth-order valence-electron chi connectivity index (χ4n) is 1.34. The van der Waals surface area contributed by atoms with Crippen LogP contribution in [0.25, 0.3) is 0 Å². The zero-order valence-electron chi connectivity index (χ0n) is 10.4. The van der Waals surface area contributed by atoms with Gasteiger partial charge in [0.2, 0.25) is 10.0 Å². The lowest BCUT2D eigenvalue weighted by atomic mass is 10.3. The average molecular weight is 291 g/mol. The monoisotopic (exact) mass is 291 g/mol. The van der Waals surface area contributed by atoms with Crippen LogP contribution in [-0.2, 0) is 19.9 Å². The Balaban J connectivity index is 2.82. The predicted molar refractivity (Wildman–Crippen MR) is 71.9 cm³/mol. The van der Waals surface area contributed by atoms with Crippen molar-refractivity contribution in [2.75, 3.05) is 16.7 Å². The molecule has 1 aromatic rings. The van der Waals surface area contributed by atoms with Gasteiger partial charge in [0.05, 0.1) is 10.6 Å². The van der Waals surface area contributed by atoms with Crippen LogP contribution in [0.1, 0.15) is 19.8 Å². The smallest absolute Gasteiger partial charge is 0.232 e. The lowest BCUT2D eigenvalue weighted by molar-refractivity contribution is 0.597. The van der Waals surface area contributed by atoms with Gasteiger partial charge in [0, 0.05) is 11.9 Å². The molecule has 0 saturated carbocycles. The first-order chi connectivity index (χ1) is 8.24. The lowest BCUT2D eigenvalue weighted by Crippen LogP contribution is -2.16. The van der Waals surface area contributed by atoms with Crippen molar-refractivity contribution in [3.63, 3.8) is 0 Å². The molecule has 0 aliphatic heterocycles. The number of sulfone groups is 1. The lowest BCUT2D eigenvalue weighted by Gasteiger charge is -2.07. The Morgan fingerprint density at radius 3 is 2.06 bits per heavy atom. The molecule has 1 N–H and O–H groups in total. The van der Waals surface area contributed by atoms with Gasteiger partial charge in [0.1, 0.15) is 0 Å². The molecule has 102 valence electrons. The molecule has 0 bridgehead atoms. The molecule has 5 nitrogen and oxygen atoms in total. The van der Waals surface area contributed by atoms with E-state index in [4.69, 9.17) is 0 Å². The number of sulfonamides is 1. The van der Waals surface area contributed by atoms with Crippen LogP contribution in [0.2, 0.25) is 0 Å². The number of benzene rings is 1. The zero-order chi connectivity index (χ0) is 13.8. The number of nitrogens with one attached hydrogen (secondary N) is 1. The first-order valence-electron chi connectivity index (χ1n) is 5.55. The summed E-state index contributed by atoms with van der Waals surface area (Å²) in [6.07, 6.45) is 2.50. The van der Waals surface area contributed by atoms with Gasteiger partial charge in [-0.25, -0.2) is 16.8 Å². The van der Waals surface area contributed by atoms with E-state index in [1.165, 1.54) is 24.3 Å². The van der Waals surface area contributed by atoms with Crippen LogP contribution < -0.4 is 4.72 Å². The summed E-state index contributed by atoms with van der Waals surface area (Å²) in [5.41, 5.74) is 0.374. The van der Waals surface area contributed by atoms with Crippen LogP contribution >= 0.6 is 0 Å². The van der Waals surface area contributed by atoms with Crippen molar-refractivity contribution >= 4 is 25.5 Å². The summed E-state index contributed by atoms with van der Waals surface area (Å²) in [5, 5.41) is 0. The maximum Gasteiger partial charge on any atom is 0.232 e. The van der Waals surface area contributed by atoms with Crippen LogP contribution in [0, 0.1) is 0 Å². The molecular weight excluding hydrogens is 274 g/mol. The molecule has 0 aliphatic rings. The molecule has 0 heterocycles. The number of rotatable bonds is 6. The summed E-state index contributed by atoms with van der Waals surface area (Å²) in [6, 6.07) is 5.65. The van der Waals surface area contributed by atoms with Gasteiger partial charge in [-0.2, -0.15) is 0 Å². The minimum Gasteiger partial charge on any atom is -0.284 e. The Hall–Kier alpha value is -1.08. The van der Waals surface area contributed by atoms with Gasteiger partial charge < -0.3 is 0 Å². The summed E-state index contributed by atoms with van der Waals surface area (Å²) in [6.45, 7) is 1.91. The molecule has 1 aromatic carbocycles. The fraction of sp³-hybridized carbons (Fsp3) is 0.455. The highest BCUT2D eigenvalue weighted by Gasteiger charge is 2.11. The zero-order valence-corrected chi connectivity index (χ0v) is 12.0. The molecule has 0 amide bonds. The molecule has 0 aromatic heterocycles. The maximum absolute atomic E-state index is 11.6. The summed E-state index contributed by atoms with van der Waals surface area (Å²) in [5.74, 6) is 0.0668. The topological polar surface area (TPSA) is 80.3 Å². The Morgan fingerprint density at radius 2 is 1.61 bits per heavy atom. The standard InChI is InChI=1S/C11H17NO4S2/c1-3-4-9-18(15,16)12-10-5-7-11(8-6-10)17(2,13)14/h5-8,12H,3-4,9H2,1-2H3. The Bertz CT molecular complexity index is 588. The number of hydrogen-bond donors (Lipinski definition) is 1. The van der Waals surface area contributed by atoms with E-state index < -0.39 is 19.9 Å². The summed E-state index contributed by atoms with van der Waals surface area (Å²) in [7, 11) is -6.60. The molecule has 0 fully saturated rings. The summed E-state index contributed by atoms with van der Waals surface area (Å²) >= 11 is 0. The average Bonchev–Trinajstić information content (AvgIpc) is 2.25. The second kappa shape index (κ2) is 5.71. The normalized spacial score (nSPS) is 12.3. The van der Waals surface area contributed by atoms with Crippen LogP contribution in [0.5, 0.6) is 0 Å². The van der Waals surface area contributed by atoms with Crippen molar-refractivity contribution < 1.29 is 16.8 Å². The first-order valence-corrected chi connectivity index (χ1v) is 9.09. The minimum absolute atomic E-state index is 0.0668. The van der Waals surface area contributed by atoms with Crippen molar-refractivity contribution in [2.24, 2.45) is 0 Å². The van der Waals surface area contributed by atoms with Gasteiger partial charge in [-0.15, -0.1) is 0 Å². The quantitative estimate of drug-likeness (QED) is 0.864. The molecule has 0 aliphatic carbocycles. The summed E-state index contributed by atoms with van der Waals surface area (Å²) in [4.78, 5) is 0.166. The first kappa shape index (κ1) is 15.0. The van der Waals surface area contributed by atoms with E-state index in [1.54, 1.807) is 0 Å². The highest BCUT2D eigenvalue weighted by atomic mass is 32.2. The fourth-order valence-corrected chi connectivity index (χ4v) is 3.23. The van der Waals surface area contributed by atoms with Crippen LogP contribution in [0.4, 0.5) is 5.69 Å². The van der Waals surface area contributed by atoms with E-state index in [-0.39, 0.29) is 10.6 Å². The van der Waals surface area contributed by atoms with Crippen molar-refractivity contribution in [2.45, 2.75) is 24.7 Å². The predicted octanol–water partition coefficient (Wildman–Crippen LogP) is 1.63. The molecule has 0 unspecified atom stereocenters. The SMILES string of the molecule is CCCCS(=O)(=O)Nc1ccc(S(C)(=O)=O)cc1. The van der Waals surface area contributed by atoms with Gasteiger partial charge in [-0.3, -0.25) is 4.72 Å². The molecule has 7 heteroatoms. The van der Waals surface area contributed by atoms with E-state index >= 15 is 0 Å². The second-order valence-corrected chi connectivity index (χ2v) is 7.93. The van der Waals surface area contributed by atoms with Gasteiger partial charge in [0.15, 0.2) is 9.84 Å². The third-order valence-electron chi connectivity index (χ3n) is 2.32. The van der Waals surface area contributed by atoms with Crippen molar-refractivity contribution in [1.82, 2.24) is 0 Å². The van der Waals surface area contributed by atoms with Crippen molar-refractivity contribution in [1.29, 1.82) is 0 Å². The van der Waals surface area contributed by atoms with E-state index in [9.17, 15) is 16.8 Å². The molecule has 0 atom stereocenters. The maximum atomic E-state index is 11.6. The number of hydrogen-bond acceptors (Lipinski definition) is 4. The Morgan fingerprint density at radius 1 is 1.06 bits per heavy atom. The second-order valence-electron chi connectivity index (χ2n) is 4.07. The van der Waals surface area contributed by atoms with Gasteiger partial charge in [-0.05, 0) is 30.7 Å². The Labute approximate surface area is 108 Å². The third-order valence-corrected chi connectivity index (χ3v) is 4.82. The van der Waals surface area contributed by atoms with E-state index in [0.717, 1.165) is 12.7 Å². The largest absolute Gasteiger partial charge is 0.284 e. The molecule has 18 heavy (non-hydrogen) atoms. The van der Waals surface area contributed by atoms with E-state index in [2.05, 4.69) is 4.72 Å².